The molecule has 0 bridgehead atoms. The van der Waals surface area contributed by atoms with Crippen LogP contribution in [0.25, 0.3) is 0 Å². The zero-order chi connectivity index (χ0) is 19.4. The molecule has 1 aromatic carbocycles. The Balaban J connectivity index is 0.00000280. The minimum Gasteiger partial charge on any atom is -0.352 e. The second kappa shape index (κ2) is 10.2. The van der Waals surface area contributed by atoms with E-state index in [9.17, 15) is 4.39 Å². The van der Waals surface area contributed by atoms with Gasteiger partial charge in [0.1, 0.15) is 5.82 Å². The van der Waals surface area contributed by atoms with Gasteiger partial charge in [-0.15, -0.1) is 24.0 Å². The Morgan fingerprint density at radius 1 is 1.39 bits per heavy atom. The number of guanidine groups is 1. The van der Waals surface area contributed by atoms with E-state index in [0.717, 1.165) is 31.0 Å². The molecule has 0 radical (unpaired) electrons. The van der Waals surface area contributed by atoms with Crippen LogP contribution in [-0.2, 0) is 20.1 Å². The van der Waals surface area contributed by atoms with Crippen molar-refractivity contribution >= 4 is 29.9 Å². The Bertz CT molecular complexity index is 804. The summed E-state index contributed by atoms with van der Waals surface area (Å²) in [5, 5.41) is 7.71. The summed E-state index contributed by atoms with van der Waals surface area (Å²) in [6.07, 6.45) is 5.14. The molecule has 0 spiro atoms. The van der Waals surface area contributed by atoms with E-state index in [1.54, 1.807) is 6.07 Å². The molecule has 1 saturated heterocycles. The van der Waals surface area contributed by atoms with Gasteiger partial charge in [-0.1, -0.05) is 6.07 Å². The molecule has 154 valence electrons. The van der Waals surface area contributed by atoms with Crippen molar-refractivity contribution < 1.29 is 4.39 Å². The zero-order valence-electron chi connectivity index (χ0n) is 17.0. The molecular formula is C20H30FIN6. The standard InChI is InChI=1S/C20H29FN6.HI/c1-22-20(27-8-7-16(14-27)18-11-24-26(4)13-18)23-10-15-5-6-19(21)17(9-15)12-25(2)3;/h5-6,9,11,13,16H,7-8,10,12,14H2,1-4H3,(H,22,23);1H. The number of hydrogen-bond donors (Lipinski definition) is 1. The van der Waals surface area contributed by atoms with Crippen LogP contribution in [0.4, 0.5) is 4.39 Å². The summed E-state index contributed by atoms with van der Waals surface area (Å²) in [6, 6.07) is 5.31. The third-order valence-corrected chi connectivity index (χ3v) is 4.94. The summed E-state index contributed by atoms with van der Waals surface area (Å²) >= 11 is 0. The summed E-state index contributed by atoms with van der Waals surface area (Å²) in [7, 11) is 7.64. The van der Waals surface area contributed by atoms with Crippen LogP contribution in [0, 0.1) is 5.82 Å². The first-order valence-corrected chi connectivity index (χ1v) is 9.32. The molecule has 1 aliphatic rings. The van der Waals surface area contributed by atoms with E-state index in [1.165, 1.54) is 5.56 Å². The van der Waals surface area contributed by atoms with Crippen LogP contribution >= 0.6 is 24.0 Å². The smallest absolute Gasteiger partial charge is 0.193 e. The van der Waals surface area contributed by atoms with Gasteiger partial charge in [0.15, 0.2) is 5.96 Å². The normalized spacial score (nSPS) is 17.1. The van der Waals surface area contributed by atoms with E-state index in [1.807, 2.05) is 56.1 Å². The van der Waals surface area contributed by atoms with Crippen molar-refractivity contribution in [2.24, 2.45) is 12.0 Å². The monoisotopic (exact) mass is 500 g/mol. The fourth-order valence-electron chi connectivity index (χ4n) is 3.59. The lowest BCUT2D eigenvalue weighted by Crippen LogP contribution is -2.39. The Morgan fingerprint density at radius 2 is 2.18 bits per heavy atom. The summed E-state index contributed by atoms with van der Waals surface area (Å²) in [4.78, 5) is 8.68. The highest BCUT2D eigenvalue weighted by Crippen LogP contribution is 2.26. The molecule has 28 heavy (non-hydrogen) atoms. The largest absolute Gasteiger partial charge is 0.352 e. The molecule has 3 rings (SSSR count). The molecule has 1 fully saturated rings. The molecule has 0 amide bonds. The molecule has 1 atom stereocenters. The number of benzene rings is 1. The maximum absolute atomic E-state index is 14.0. The molecule has 1 N–H and O–H groups in total. The maximum Gasteiger partial charge on any atom is 0.193 e. The van der Waals surface area contributed by atoms with E-state index in [0.29, 0.717) is 24.6 Å². The molecular weight excluding hydrogens is 470 g/mol. The van der Waals surface area contributed by atoms with Crippen molar-refractivity contribution in [2.45, 2.75) is 25.4 Å². The van der Waals surface area contributed by atoms with Crippen molar-refractivity contribution in [3.63, 3.8) is 0 Å². The summed E-state index contributed by atoms with van der Waals surface area (Å²) in [5.74, 6) is 1.21. The van der Waals surface area contributed by atoms with Gasteiger partial charge in [0.25, 0.3) is 0 Å². The fourth-order valence-corrected chi connectivity index (χ4v) is 3.59. The van der Waals surface area contributed by atoms with Crippen LogP contribution in [0.1, 0.15) is 29.0 Å². The molecule has 0 saturated carbocycles. The van der Waals surface area contributed by atoms with Crippen molar-refractivity contribution in [3.8, 4) is 0 Å². The number of aromatic nitrogens is 2. The van der Waals surface area contributed by atoms with E-state index < -0.39 is 0 Å². The molecule has 2 aromatic rings. The predicted molar refractivity (Wildman–Crippen MR) is 122 cm³/mol. The minimum atomic E-state index is -0.157. The van der Waals surface area contributed by atoms with Gasteiger partial charge in [-0.2, -0.15) is 5.10 Å². The summed E-state index contributed by atoms with van der Waals surface area (Å²) in [6.45, 7) is 3.12. The number of hydrogen-bond acceptors (Lipinski definition) is 3. The first kappa shape index (κ1) is 22.6. The first-order valence-electron chi connectivity index (χ1n) is 9.32. The quantitative estimate of drug-likeness (QED) is 0.390. The van der Waals surface area contributed by atoms with Gasteiger partial charge >= 0.3 is 0 Å². The van der Waals surface area contributed by atoms with Crippen molar-refractivity contribution in [2.75, 3.05) is 34.2 Å². The number of likely N-dealkylation sites (tertiary alicyclic amines) is 1. The number of halogens is 2. The highest BCUT2D eigenvalue weighted by Gasteiger charge is 2.26. The lowest BCUT2D eigenvalue weighted by molar-refractivity contribution is 0.392. The molecule has 6 nitrogen and oxygen atoms in total. The lowest BCUT2D eigenvalue weighted by Gasteiger charge is -2.22. The molecule has 1 aromatic heterocycles. The van der Waals surface area contributed by atoms with E-state index in [-0.39, 0.29) is 29.8 Å². The number of nitrogens with zero attached hydrogens (tertiary/aromatic N) is 5. The first-order chi connectivity index (χ1) is 13.0. The molecule has 1 aliphatic heterocycles. The predicted octanol–water partition coefficient (Wildman–Crippen LogP) is 2.80. The van der Waals surface area contributed by atoms with Crippen molar-refractivity contribution in [3.05, 3.63) is 53.1 Å². The average Bonchev–Trinajstić information content (AvgIpc) is 3.27. The summed E-state index contributed by atoms with van der Waals surface area (Å²) < 4.78 is 15.8. The second-order valence-corrected chi connectivity index (χ2v) is 7.44. The van der Waals surface area contributed by atoms with Crippen molar-refractivity contribution in [1.29, 1.82) is 0 Å². The highest BCUT2D eigenvalue weighted by molar-refractivity contribution is 14.0. The highest BCUT2D eigenvalue weighted by atomic mass is 127. The van der Waals surface area contributed by atoms with Crippen LogP contribution in [0.5, 0.6) is 0 Å². The topological polar surface area (TPSA) is 48.7 Å². The maximum atomic E-state index is 14.0. The van der Waals surface area contributed by atoms with Gasteiger partial charge in [0, 0.05) is 58.0 Å². The van der Waals surface area contributed by atoms with Crippen LogP contribution in [0.15, 0.2) is 35.6 Å². The van der Waals surface area contributed by atoms with Crippen LogP contribution < -0.4 is 5.32 Å². The second-order valence-electron chi connectivity index (χ2n) is 7.44. The molecule has 0 aliphatic carbocycles. The Morgan fingerprint density at radius 3 is 2.82 bits per heavy atom. The molecule has 8 heteroatoms. The third-order valence-electron chi connectivity index (χ3n) is 4.94. The number of aliphatic imine (C=N–C) groups is 1. The van der Waals surface area contributed by atoms with Crippen LogP contribution in [-0.4, -0.2) is 59.8 Å². The number of aryl methyl sites for hydroxylation is 1. The van der Waals surface area contributed by atoms with Crippen LogP contribution in [0.2, 0.25) is 0 Å². The van der Waals surface area contributed by atoms with Gasteiger partial charge < -0.3 is 15.1 Å². The number of nitrogens with one attached hydrogen (secondary N) is 1. The fraction of sp³-hybridized carbons (Fsp3) is 0.500. The lowest BCUT2D eigenvalue weighted by atomic mass is 10.0. The Labute approximate surface area is 183 Å². The van der Waals surface area contributed by atoms with Gasteiger partial charge in [0.2, 0.25) is 0 Å². The SMILES string of the molecule is CN=C(NCc1ccc(F)c(CN(C)C)c1)N1CCC(c2cnn(C)c2)C1.I. The van der Waals surface area contributed by atoms with Gasteiger partial charge in [-0.25, -0.2) is 4.39 Å². The molecule has 1 unspecified atom stereocenters. The average molecular weight is 500 g/mol. The number of rotatable bonds is 5. The Hall–Kier alpha value is -1.68. The van der Waals surface area contributed by atoms with Gasteiger partial charge in [-0.05, 0) is 43.8 Å². The van der Waals surface area contributed by atoms with Gasteiger partial charge in [0.05, 0.1) is 6.20 Å². The Kier molecular flexibility index (Phi) is 8.23. The van der Waals surface area contributed by atoms with Crippen molar-refractivity contribution in [1.82, 2.24) is 24.9 Å². The van der Waals surface area contributed by atoms with Gasteiger partial charge in [-0.3, -0.25) is 9.67 Å². The van der Waals surface area contributed by atoms with E-state index in [2.05, 4.69) is 26.5 Å². The minimum absolute atomic E-state index is 0. The zero-order valence-corrected chi connectivity index (χ0v) is 19.4. The third kappa shape index (κ3) is 5.66. The molecule has 2 heterocycles. The van der Waals surface area contributed by atoms with E-state index in [4.69, 9.17) is 0 Å². The summed E-state index contributed by atoms with van der Waals surface area (Å²) in [5.41, 5.74) is 3.05. The van der Waals surface area contributed by atoms with Crippen LogP contribution in [0.3, 0.4) is 0 Å². The van der Waals surface area contributed by atoms with E-state index >= 15 is 0 Å².